The Balaban J connectivity index is 2.76. The van der Waals surface area contributed by atoms with E-state index in [0.29, 0.717) is 12.3 Å². The van der Waals surface area contributed by atoms with Crippen LogP contribution in [-0.4, -0.2) is 9.38 Å². The molecule has 0 fully saturated rings. The zero-order chi connectivity index (χ0) is 12.6. The van der Waals surface area contributed by atoms with Gasteiger partial charge in [0.1, 0.15) is 5.65 Å². The van der Waals surface area contributed by atoms with Crippen molar-refractivity contribution in [1.82, 2.24) is 9.38 Å². The molecule has 4 heteroatoms. The first-order chi connectivity index (χ1) is 8.04. The van der Waals surface area contributed by atoms with Crippen LogP contribution in [-0.2, 0) is 6.42 Å². The third-order valence-electron chi connectivity index (χ3n) is 2.83. The van der Waals surface area contributed by atoms with Crippen LogP contribution in [0.15, 0.2) is 16.7 Å². The van der Waals surface area contributed by atoms with E-state index in [1.807, 2.05) is 23.6 Å². The summed E-state index contributed by atoms with van der Waals surface area (Å²) < 4.78 is 3.05. The summed E-state index contributed by atoms with van der Waals surface area (Å²) in [4.78, 5) is 4.62. The SMILES string of the molecule is Cc1cc2nc(C(C)C)c(CC#N)n2cc1Br. The van der Waals surface area contributed by atoms with Gasteiger partial charge < -0.3 is 4.40 Å². The molecule has 0 spiro atoms. The van der Waals surface area contributed by atoms with E-state index >= 15 is 0 Å². The number of nitrogens with zero attached hydrogens (tertiary/aromatic N) is 3. The van der Waals surface area contributed by atoms with Crippen molar-refractivity contribution in [2.75, 3.05) is 0 Å². The lowest BCUT2D eigenvalue weighted by atomic mass is 10.1. The summed E-state index contributed by atoms with van der Waals surface area (Å²) in [5, 5.41) is 8.92. The number of pyridine rings is 1. The van der Waals surface area contributed by atoms with Gasteiger partial charge in [0.25, 0.3) is 0 Å². The van der Waals surface area contributed by atoms with Crippen molar-refractivity contribution in [3.05, 3.63) is 33.7 Å². The average Bonchev–Trinajstić information content (AvgIpc) is 2.59. The number of aromatic nitrogens is 2. The van der Waals surface area contributed by atoms with E-state index in [0.717, 1.165) is 27.1 Å². The second-order valence-corrected chi connectivity index (χ2v) is 5.32. The van der Waals surface area contributed by atoms with Crippen LogP contribution in [0, 0.1) is 18.3 Å². The van der Waals surface area contributed by atoms with Gasteiger partial charge in [-0.1, -0.05) is 13.8 Å². The van der Waals surface area contributed by atoms with Gasteiger partial charge in [0.05, 0.1) is 23.9 Å². The number of hydrogen-bond donors (Lipinski definition) is 0. The summed E-state index contributed by atoms with van der Waals surface area (Å²) in [6.45, 7) is 6.24. The highest BCUT2D eigenvalue weighted by Gasteiger charge is 2.15. The quantitative estimate of drug-likeness (QED) is 0.848. The lowest BCUT2D eigenvalue weighted by Gasteiger charge is -2.04. The van der Waals surface area contributed by atoms with Gasteiger partial charge >= 0.3 is 0 Å². The first-order valence-electron chi connectivity index (χ1n) is 5.58. The van der Waals surface area contributed by atoms with Crippen LogP contribution in [0.3, 0.4) is 0 Å². The number of rotatable bonds is 2. The predicted molar refractivity (Wildman–Crippen MR) is 71.0 cm³/mol. The van der Waals surface area contributed by atoms with Crippen molar-refractivity contribution in [2.45, 2.75) is 33.1 Å². The van der Waals surface area contributed by atoms with Gasteiger partial charge in [-0.15, -0.1) is 0 Å². The van der Waals surface area contributed by atoms with E-state index in [1.54, 1.807) is 0 Å². The first-order valence-corrected chi connectivity index (χ1v) is 6.37. The fraction of sp³-hybridized carbons (Fsp3) is 0.385. The molecule has 2 rings (SSSR count). The maximum absolute atomic E-state index is 8.92. The number of fused-ring (bicyclic) bond motifs is 1. The van der Waals surface area contributed by atoms with Crippen LogP contribution in [0.2, 0.25) is 0 Å². The molecule has 0 N–H and O–H groups in total. The third kappa shape index (κ3) is 2.07. The fourth-order valence-electron chi connectivity index (χ4n) is 1.94. The standard InChI is InChI=1S/C13H14BrN3/c1-8(2)13-11(4-5-15)17-7-10(14)9(3)6-12(17)16-13/h6-8H,4H2,1-3H3. The van der Waals surface area contributed by atoms with Gasteiger partial charge in [-0.25, -0.2) is 4.98 Å². The summed E-state index contributed by atoms with van der Waals surface area (Å²) in [6.07, 6.45) is 2.39. The molecule has 2 heterocycles. The minimum atomic E-state index is 0.331. The molecule has 0 unspecified atom stereocenters. The lowest BCUT2D eigenvalue weighted by molar-refractivity contribution is 0.814. The molecular weight excluding hydrogens is 278 g/mol. The number of hydrogen-bond acceptors (Lipinski definition) is 2. The minimum Gasteiger partial charge on any atom is -0.302 e. The number of aryl methyl sites for hydroxylation is 1. The Kier molecular flexibility index (Phi) is 3.21. The molecule has 0 amide bonds. The fourth-order valence-corrected chi connectivity index (χ4v) is 2.26. The smallest absolute Gasteiger partial charge is 0.137 e. The highest BCUT2D eigenvalue weighted by atomic mass is 79.9. The van der Waals surface area contributed by atoms with E-state index in [-0.39, 0.29) is 0 Å². The summed E-state index contributed by atoms with van der Waals surface area (Å²) in [5.41, 5.74) is 4.09. The zero-order valence-electron chi connectivity index (χ0n) is 10.2. The van der Waals surface area contributed by atoms with E-state index < -0.39 is 0 Å². The Morgan fingerprint density at radius 3 is 2.82 bits per heavy atom. The molecule has 0 aliphatic rings. The zero-order valence-corrected chi connectivity index (χ0v) is 11.7. The number of halogens is 1. The van der Waals surface area contributed by atoms with Crippen molar-refractivity contribution in [3.63, 3.8) is 0 Å². The second kappa shape index (κ2) is 4.50. The Morgan fingerprint density at radius 1 is 1.53 bits per heavy atom. The monoisotopic (exact) mass is 291 g/mol. The largest absolute Gasteiger partial charge is 0.302 e. The van der Waals surface area contributed by atoms with Crippen molar-refractivity contribution in [1.29, 1.82) is 5.26 Å². The predicted octanol–water partition coefficient (Wildman–Crippen LogP) is 3.59. The topological polar surface area (TPSA) is 41.1 Å². The summed E-state index contributed by atoms with van der Waals surface area (Å²) >= 11 is 3.52. The van der Waals surface area contributed by atoms with Gasteiger partial charge in [-0.05, 0) is 40.4 Å². The van der Waals surface area contributed by atoms with Crippen LogP contribution in [0.4, 0.5) is 0 Å². The average molecular weight is 292 g/mol. The molecule has 2 aromatic rings. The van der Waals surface area contributed by atoms with Gasteiger partial charge in [0.2, 0.25) is 0 Å². The van der Waals surface area contributed by atoms with Crippen molar-refractivity contribution in [3.8, 4) is 6.07 Å². The van der Waals surface area contributed by atoms with Crippen LogP contribution in [0.5, 0.6) is 0 Å². The van der Waals surface area contributed by atoms with Gasteiger partial charge in [-0.3, -0.25) is 0 Å². The molecule has 0 bridgehead atoms. The Labute approximate surface area is 109 Å². The normalized spacial score (nSPS) is 11.1. The van der Waals surface area contributed by atoms with Crippen molar-refractivity contribution in [2.24, 2.45) is 0 Å². The van der Waals surface area contributed by atoms with Crippen molar-refractivity contribution < 1.29 is 0 Å². The molecule has 88 valence electrons. The van der Waals surface area contributed by atoms with Crippen LogP contribution in [0.1, 0.15) is 36.7 Å². The molecule has 0 radical (unpaired) electrons. The Morgan fingerprint density at radius 2 is 2.24 bits per heavy atom. The highest BCUT2D eigenvalue weighted by molar-refractivity contribution is 9.10. The molecule has 0 saturated heterocycles. The third-order valence-corrected chi connectivity index (χ3v) is 3.66. The molecule has 0 aliphatic carbocycles. The maximum atomic E-state index is 8.92. The van der Waals surface area contributed by atoms with Crippen molar-refractivity contribution >= 4 is 21.6 Å². The molecule has 2 aromatic heterocycles. The molecular formula is C13H14BrN3. The van der Waals surface area contributed by atoms with Gasteiger partial charge in [-0.2, -0.15) is 5.26 Å². The molecule has 3 nitrogen and oxygen atoms in total. The molecule has 0 aromatic carbocycles. The number of nitriles is 1. The molecule has 0 aliphatic heterocycles. The summed E-state index contributed by atoms with van der Waals surface area (Å²) in [7, 11) is 0. The number of imidazole rings is 1. The van der Waals surface area contributed by atoms with E-state index in [4.69, 9.17) is 5.26 Å². The molecule has 0 atom stereocenters. The van der Waals surface area contributed by atoms with Crippen LogP contribution < -0.4 is 0 Å². The summed E-state index contributed by atoms with van der Waals surface area (Å²) in [5.74, 6) is 0.331. The van der Waals surface area contributed by atoms with Crippen LogP contribution >= 0.6 is 15.9 Å². The van der Waals surface area contributed by atoms with Crippen LogP contribution in [0.25, 0.3) is 5.65 Å². The van der Waals surface area contributed by atoms with E-state index in [1.165, 1.54) is 0 Å². The Hall–Kier alpha value is -1.34. The molecule has 17 heavy (non-hydrogen) atoms. The maximum Gasteiger partial charge on any atom is 0.137 e. The van der Waals surface area contributed by atoms with E-state index in [9.17, 15) is 0 Å². The van der Waals surface area contributed by atoms with Gasteiger partial charge in [0.15, 0.2) is 0 Å². The van der Waals surface area contributed by atoms with E-state index in [2.05, 4.69) is 40.8 Å². The molecule has 0 saturated carbocycles. The minimum absolute atomic E-state index is 0.331. The second-order valence-electron chi connectivity index (χ2n) is 4.47. The summed E-state index contributed by atoms with van der Waals surface area (Å²) in [6, 6.07) is 4.25. The highest BCUT2D eigenvalue weighted by Crippen LogP contribution is 2.25. The Bertz CT molecular complexity index is 605. The van der Waals surface area contributed by atoms with Gasteiger partial charge in [0, 0.05) is 10.7 Å². The lowest BCUT2D eigenvalue weighted by Crippen LogP contribution is -1.97. The first kappa shape index (κ1) is 12.1.